The summed E-state index contributed by atoms with van der Waals surface area (Å²) in [5.41, 5.74) is 1.65. The zero-order valence-corrected chi connectivity index (χ0v) is 16.7. The maximum absolute atomic E-state index is 12.9. The van der Waals surface area contributed by atoms with Crippen LogP contribution in [-0.4, -0.2) is 22.9 Å². The van der Waals surface area contributed by atoms with Crippen LogP contribution in [0.25, 0.3) is 5.57 Å². The summed E-state index contributed by atoms with van der Waals surface area (Å²) in [5.74, 6) is -1.40. The Morgan fingerprint density at radius 2 is 1.79 bits per heavy atom. The molecule has 0 unspecified atom stereocenters. The zero-order valence-electron chi connectivity index (χ0n) is 14.3. The van der Waals surface area contributed by atoms with Crippen molar-refractivity contribution in [2.24, 2.45) is 4.99 Å². The largest absolute Gasteiger partial charge is 0.300 e. The van der Waals surface area contributed by atoms with E-state index in [1.165, 1.54) is 6.92 Å². The molecule has 2 aromatic carbocycles. The molecule has 2 aliphatic rings. The van der Waals surface area contributed by atoms with E-state index in [4.69, 9.17) is 23.2 Å². The molecule has 0 aliphatic carbocycles. The van der Waals surface area contributed by atoms with E-state index in [1.54, 1.807) is 42.5 Å². The molecule has 1 fully saturated rings. The standard InChI is InChI=1S/C19H11Cl2N3O3S/c1-9(25)24-14-5-3-2-4-13(14)15(18(24)27)16-17(26)23-19(28-16)22-12-7-10(20)6-11(21)8-12/h2-8H,1H3,(H,22,23,26)/b16-15+. The number of thioether (sulfide) groups is 1. The number of fused-ring (bicyclic) bond motifs is 1. The summed E-state index contributed by atoms with van der Waals surface area (Å²) in [6.45, 7) is 1.31. The molecule has 0 aromatic heterocycles. The number of rotatable bonds is 1. The van der Waals surface area contributed by atoms with Crippen LogP contribution in [0.15, 0.2) is 52.4 Å². The number of nitrogens with zero attached hydrogens (tertiary/aromatic N) is 2. The number of hydrogen-bond acceptors (Lipinski definition) is 5. The van der Waals surface area contributed by atoms with Gasteiger partial charge in [-0.3, -0.25) is 14.4 Å². The fourth-order valence-electron chi connectivity index (χ4n) is 3.01. The van der Waals surface area contributed by atoms with Crippen LogP contribution in [0.4, 0.5) is 11.4 Å². The van der Waals surface area contributed by atoms with Crippen molar-refractivity contribution < 1.29 is 14.4 Å². The minimum Gasteiger partial charge on any atom is -0.300 e. The van der Waals surface area contributed by atoms with Crippen molar-refractivity contribution >= 4 is 74.8 Å². The number of carbonyl (C=O) groups is 3. The van der Waals surface area contributed by atoms with Crippen LogP contribution in [0.3, 0.4) is 0 Å². The van der Waals surface area contributed by atoms with Crippen LogP contribution >= 0.6 is 35.0 Å². The van der Waals surface area contributed by atoms with Gasteiger partial charge in [-0.05, 0) is 36.0 Å². The van der Waals surface area contributed by atoms with Crippen LogP contribution in [0.1, 0.15) is 12.5 Å². The first kappa shape index (κ1) is 18.7. The van der Waals surface area contributed by atoms with Crippen LogP contribution in [0.2, 0.25) is 10.0 Å². The van der Waals surface area contributed by atoms with Gasteiger partial charge in [0.15, 0.2) is 5.17 Å². The predicted molar refractivity (Wildman–Crippen MR) is 111 cm³/mol. The molecule has 6 nitrogen and oxygen atoms in total. The number of para-hydroxylation sites is 1. The van der Waals surface area contributed by atoms with Gasteiger partial charge >= 0.3 is 0 Å². The number of imide groups is 1. The van der Waals surface area contributed by atoms with Gasteiger partial charge in [0.25, 0.3) is 11.8 Å². The summed E-state index contributed by atoms with van der Waals surface area (Å²) in [5, 5.41) is 3.75. The normalized spacial score (nSPS) is 20.0. The molecule has 1 saturated heterocycles. The molecule has 2 heterocycles. The van der Waals surface area contributed by atoms with Crippen molar-refractivity contribution in [2.75, 3.05) is 4.90 Å². The van der Waals surface area contributed by atoms with E-state index in [9.17, 15) is 14.4 Å². The van der Waals surface area contributed by atoms with Gasteiger partial charge in [0.1, 0.15) is 0 Å². The van der Waals surface area contributed by atoms with E-state index in [1.807, 2.05) is 0 Å². The zero-order chi connectivity index (χ0) is 20.0. The van der Waals surface area contributed by atoms with Gasteiger partial charge in [-0.1, -0.05) is 41.4 Å². The number of amidine groups is 1. The Morgan fingerprint density at radius 3 is 2.46 bits per heavy atom. The third-order valence-corrected chi connectivity index (χ3v) is 5.49. The molecule has 0 saturated carbocycles. The van der Waals surface area contributed by atoms with Gasteiger partial charge in [-0.15, -0.1) is 0 Å². The molecule has 0 bridgehead atoms. The molecule has 0 spiro atoms. The van der Waals surface area contributed by atoms with E-state index in [0.29, 0.717) is 27.0 Å². The maximum Gasteiger partial charge on any atom is 0.267 e. The summed E-state index contributed by atoms with van der Waals surface area (Å²) in [6, 6.07) is 11.6. The Balaban J connectivity index is 1.78. The number of amides is 3. The second kappa shape index (κ2) is 7.09. The van der Waals surface area contributed by atoms with Crippen molar-refractivity contribution in [3.05, 3.63) is 63.0 Å². The predicted octanol–water partition coefficient (Wildman–Crippen LogP) is 4.15. The van der Waals surface area contributed by atoms with E-state index in [0.717, 1.165) is 16.7 Å². The SMILES string of the molecule is CC(=O)N1C(=O)/C(=C2/SC(=Nc3cc(Cl)cc(Cl)c3)NC2=O)c2ccccc21. The van der Waals surface area contributed by atoms with E-state index in [-0.39, 0.29) is 15.6 Å². The van der Waals surface area contributed by atoms with Gasteiger partial charge in [-0.25, -0.2) is 9.89 Å². The summed E-state index contributed by atoms with van der Waals surface area (Å²) < 4.78 is 0. The molecule has 0 atom stereocenters. The smallest absolute Gasteiger partial charge is 0.267 e. The maximum atomic E-state index is 12.9. The van der Waals surface area contributed by atoms with Crippen molar-refractivity contribution in [1.29, 1.82) is 0 Å². The summed E-state index contributed by atoms with van der Waals surface area (Å²) in [4.78, 5) is 43.0. The van der Waals surface area contributed by atoms with E-state index >= 15 is 0 Å². The lowest BCUT2D eigenvalue weighted by atomic mass is 10.1. The summed E-state index contributed by atoms with van der Waals surface area (Å²) in [6.07, 6.45) is 0. The number of carbonyl (C=O) groups excluding carboxylic acids is 3. The van der Waals surface area contributed by atoms with Gasteiger partial charge in [0, 0.05) is 22.5 Å². The molecule has 1 N–H and O–H groups in total. The minimum absolute atomic E-state index is 0.183. The fourth-order valence-corrected chi connectivity index (χ4v) is 4.45. The van der Waals surface area contributed by atoms with Gasteiger partial charge in [-0.2, -0.15) is 0 Å². The third-order valence-electron chi connectivity index (χ3n) is 4.08. The number of anilines is 1. The highest BCUT2D eigenvalue weighted by Crippen LogP contribution is 2.43. The Morgan fingerprint density at radius 1 is 1.11 bits per heavy atom. The molecule has 28 heavy (non-hydrogen) atoms. The molecule has 140 valence electrons. The van der Waals surface area contributed by atoms with Crippen LogP contribution < -0.4 is 10.2 Å². The van der Waals surface area contributed by atoms with Gasteiger partial charge in [0.2, 0.25) is 5.91 Å². The first-order valence-corrected chi connectivity index (χ1v) is 9.65. The van der Waals surface area contributed by atoms with Crippen LogP contribution in [0, 0.1) is 0 Å². The Bertz CT molecular complexity index is 1110. The van der Waals surface area contributed by atoms with Crippen LogP contribution in [-0.2, 0) is 14.4 Å². The van der Waals surface area contributed by atoms with Gasteiger partial charge < -0.3 is 5.32 Å². The quantitative estimate of drug-likeness (QED) is 0.687. The fraction of sp³-hybridized carbons (Fsp3) is 0.0526. The molecule has 4 rings (SSSR count). The van der Waals surface area contributed by atoms with Crippen molar-refractivity contribution in [1.82, 2.24) is 5.32 Å². The first-order valence-electron chi connectivity index (χ1n) is 8.08. The number of nitrogens with one attached hydrogen (secondary N) is 1. The number of aliphatic imine (C=N–C) groups is 1. The highest BCUT2D eigenvalue weighted by molar-refractivity contribution is 8.18. The second-order valence-corrected chi connectivity index (χ2v) is 7.85. The molecule has 2 aliphatic heterocycles. The lowest BCUT2D eigenvalue weighted by molar-refractivity contribution is -0.122. The van der Waals surface area contributed by atoms with E-state index < -0.39 is 17.7 Å². The summed E-state index contributed by atoms with van der Waals surface area (Å²) >= 11 is 13.0. The second-order valence-electron chi connectivity index (χ2n) is 5.98. The molecular formula is C19H11Cl2N3O3S. The van der Waals surface area contributed by atoms with Gasteiger partial charge in [0.05, 0.1) is 21.9 Å². The topological polar surface area (TPSA) is 78.8 Å². The lowest BCUT2D eigenvalue weighted by Crippen LogP contribution is -2.31. The molecule has 3 amide bonds. The van der Waals surface area contributed by atoms with Crippen molar-refractivity contribution in [2.45, 2.75) is 6.92 Å². The molecule has 2 aromatic rings. The van der Waals surface area contributed by atoms with Crippen LogP contribution in [0.5, 0.6) is 0 Å². The van der Waals surface area contributed by atoms with Crippen molar-refractivity contribution in [3.63, 3.8) is 0 Å². The monoisotopic (exact) mass is 431 g/mol. The molecule has 0 radical (unpaired) electrons. The Kier molecular flexibility index (Phi) is 4.74. The molecular weight excluding hydrogens is 421 g/mol. The average molecular weight is 432 g/mol. The highest BCUT2D eigenvalue weighted by Gasteiger charge is 2.40. The summed E-state index contributed by atoms with van der Waals surface area (Å²) in [7, 11) is 0. The molecule has 9 heteroatoms. The first-order chi connectivity index (χ1) is 13.3. The highest BCUT2D eigenvalue weighted by atomic mass is 35.5. The Hall–Kier alpha value is -2.61. The van der Waals surface area contributed by atoms with E-state index in [2.05, 4.69) is 10.3 Å². The Labute approximate surface area is 174 Å². The van der Waals surface area contributed by atoms with Crippen molar-refractivity contribution in [3.8, 4) is 0 Å². The minimum atomic E-state index is -0.529. The number of benzene rings is 2. The average Bonchev–Trinajstić information content (AvgIpc) is 3.09. The lowest BCUT2D eigenvalue weighted by Gasteiger charge is -2.11. The number of halogens is 2. The number of hydrogen-bond donors (Lipinski definition) is 1. The third kappa shape index (κ3) is 3.22.